The number of aldehydes is 1. The highest BCUT2D eigenvalue weighted by Crippen LogP contribution is 2.49. The first-order chi connectivity index (χ1) is 9.24. The zero-order chi connectivity index (χ0) is 13.4. The molecule has 1 aliphatic carbocycles. The first-order valence-electron chi connectivity index (χ1n) is 6.81. The average Bonchev–Trinajstić information content (AvgIpc) is 2.80. The van der Waals surface area contributed by atoms with Gasteiger partial charge in [-0.25, -0.2) is 0 Å². The monoisotopic (exact) mass is 264 g/mol. The summed E-state index contributed by atoms with van der Waals surface area (Å²) in [5.41, 5.74) is 0.926. The third-order valence-electron chi connectivity index (χ3n) is 4.09. The van der Waals surface area contributed by atoms with E-state index in [4.69, 9.17) is 9.47 Å². The van der Waals surface area contributed by atoms with Gasteiger partial charge in [0, 0.05) is 17.4 Å². The molecule has 4 heteroatoms. The fourth-order valence-electron chi connectivity index (χ4n) is 3.15. The van der Waals surface area contributed by atoms with Crippen molar-refractivity contribution in [2.24, 2.45) is 5.92 Å². The van der Waals surface area contributed by atoms with Gasteiger partial charge in [0.2, 0.25) is 5.82 Å². The Bertz CT molecular complexity index is 500. The third kappa shape index (κ3) is 1.99. The van der Waals surface area contributed by atoms with Gasteiger partial charge < -0.3 is 14.3 Å². The molecule has 102 valence electrons. The largest absolute Gasteiger partial charge is 0.491 e. The van der Waals surface area contributed by atoms with Crippen LogP contribution in [0.25, 0.3) is 0 Å². The number of halogens is 1. The Morgan fingerprint density at radius 3 is 3.05 bits per heavy atom. The van der Waals surface area contributed by atoms with Gasteiger partial charge in [-0.1, -0.05) is 6.07 Å². The first-order valence-corrected chi connectivity index (χ1v) is 6.81. The Kier molecular flexibility index (Phi) is 3.17. The van der Waals surface area contributed by atoms with Crippen LogP contribution in [0.4, 0.5) is 4.39 Å². The minimum atomic E-state index is -0.406. The van der Waals surface area contributed by atoms with E-state index >= 15 is 0 Å². The summed E-state index contributed by atoms with van der Waals surface area (Å²) in [6, 6.07) is 3.57. The fraction of sp³-hybridized carbons (Fsp3) is 0.533. The SMILES string of the molecule is CCOc1ccc2c(c1F)O[C@@H]1CC(C=O)CC[C@@H]21. The van der Waals surface area contributed by atoms with Crippen LogP contribution in [-0.2, 0) is 4.79 Å². The highest BCUT2D eigenvalue weighted by molar-refractivity contribution is 5.55. The molecule has 1 heterocycles. The number of fused-ring (bicyclic) bond motifs is 3. The van der Waals surface area contributed by atoms with Gasteiger partial charge in [-0.15, -0.1) is 0 Å². The molecule has 1 unspecified atom stereocenters. The molecule has 3 atom stereocenters. The second kappa shape index (κ2) is 4.83. The predicted octanol–water partition coefficient (Wildman–Crippen LogP) is 3.07. The van der Waals surface area contributed by atoms with Crippen molar-refractivity contribution in [1.29, 1.82) is 0 Å². The maximum Gasteiger partial charge on any atom is 0.207 e. The standard InChI is InChI=1S/C15H17FO3/c1-2-18-12-6-5-11-10-4-3-9(8-17)7-13(10)19-15(11)14(12)16/h5-6,8-10,13H,2-4,7H2,1H3/t9?,10-,13+/m0/s1. The molecule has 0 radical (unpaired) electrons. The molecule has 0 amide bonds. The normalized spacial score (nSPS) is 28.2. The van der Waals surface area contributed by atoms with Crippen LogP contribution >= 0.6 is 0 Å². The zero-order valence-electron chi connectivity index (χ0n) is 10.9. The van der Waals surface area contributed by atoms with E-state index in [0.717, 1.165) is 24.7 Å². The summed E-state index contributed by atoms with van der Waals surface area (Å²) in [6.07, 6.45) is 3.36. The van der Waals surface area contributed by atoms with Crippen molar-refractivity contribution in [2.75, 3.05) is 6.61 Å². The van der Waals surface area contributed by atoms with E-state index in [9.17, 15) is 9.18 Å². The van der Waals surface area contributed by atoms with Crippen LogP contribution in [0, 0.1) is 11.7 Å². The van der Waals surface area contributed by atoms with Crippen LogP contribution in [0.3, 0.4) is 0 Å². The minimum absolute atomic E-state index is 0.0463. The molecule has 1 saturated carbocycles. The predicted molar refractivity (Wildman–Crippen MR) is 68.1 cm³/mol. The van der Waals surface area contributed by atoms with Crippen LogP contribution in [0.15, 0.2) is 12.1 Å². The first kappa shape index (κ1) is 12.5. The maximum atomic E-state index is 14.3. The highest BCUT2D eigenvalue weighted by atomic mass is 19.1. The van der Waals surface area contributed by atoms with Crippen LogP contribution in [0.1, 0.15) is 37.7 Å². The van der Waals surface area contributed by atoms with Crippen molar-refractivity contribution in [3.05, 3.63) is 23.5 Å². The number of hydrogen-bond donors (Lipinski definition) is 0. The third-order valence-corrected chi connectivity index (χ3v) is 4.09. The van der Waals surface area contributed by atoms with Gasteiger partial charge >= 0.3 is 0 Å². The summed E-state index contributed by atoms with van der Waals surface area (Å²) >= 11 is 0. The molecule has 0 spiro atoms. The molecule has 3 nitrogen and oxygen atoms in total. The van der Waals surface area contributed by atoms with Gasteiger partial charge in [-0.3, -0.25) is 0 Å². The number of hydrogen-bond acceptors (Lipinski definition) is 3. The van der Waals surface area contributed by atoms with E-state index in [1.165, 1.54) is 0 Å². The van der Waals surface area contributed by atoms with Gasteiger partial charge in [0.05, 0.1) is 6.61 Å². The average molecular weight is 264 g/mol. The number of carbonyl (C=O) groups excluding carboxylic acids is 1. The Labute approximate surface area is 111 Å². The van der Waals surface area contributed by atoms with E-state index in [1.807, 2.05) is 13.0 Å². The molecule has 2 aliphatic rings. The molecule has 1 aliphatic heterocycles. The highest BCUT2D eigenvalue weighted by Gasteiger charge is 2.41. The lowest BCUT2D eigenvalue weighted by Crippen LogP contribution is -2.28. The summed E-state index contributed by atoms with van der Waals surface area (Å²) < 4.78 is 25.3. The van der Waals surface area contributed by atoms with Crippen LogP contribution < -0.4 is 9.47 Å². The number of carbonyl (C=O) groups is 1. The van der Waals surface area contributed by atoms with Gasteiger partial charge in [0.25, 0.3) is 0 Å². The van der Waals surface area contributed by atoms with Crippen molar-refractivity contribution >= 4 is 6.29 Å². The molecule has 1 aromatic carbocycles. The molecule has 19 heavy (non-hydrogen) atoms. The number of rotatable bonds is 3. The maximum absolute atomic E-state index is 14.3. The summed E-state index contributed by atoms with van der Waals surface area (Å²) in [5, 5.41) is 0. The molecule has 0 aromatic heterocycles. The lowest BCUT2D eigenvalue weighted by atomic mass is 9.78. The molecular formula is C15H17FO3. The Morgan fingerprint density at radius 2 is 2.32 bits per heavy atom. The van der Waals surface area contributed by atoms with Crippen molar-refractivity contribution in [1.82, 2.24) is 0 Å². The lowest BCUT2D eigenvalue weighted by molar-refractivity contribution is -0.112. The van der Waals surface area contributed by atoms with Crippen LogP contribution in [0.5, 0.6) is 11.5 Å². The quantitative estimate of drug-likeness (QED) is 0.787. The molecule has 1 fully saturated rings. The van der Waals surface area contributed by atoms with Crippen molar-refractivity contribution in [3.8, 4) is 11.5 Å². The fourth-order valence-corrected chi connectivity index (χ4v) is 3.15. The Balaban J connectivity index is 1.91. The second-order valence-corrected chi connectivity index (χ2v) is 5.20. The van der Waals surface area contributed by atoms with E-state index < -0.39 is 5.82 Å². The van der Waals surface area contributed by atoms with Crippen molar-refractivity contribution < 1.29 is 18.7 Å². The lowest BCUT2D eigenvalue weighted by Gasteiger charge is -2.27. The van der Waals surface area contributed by atoms with E-state index in [-0.39, 0.29) is 23.7 Å². The molecular weight excluding hydrogens is 247 g/mol. The van der Waals surface area contributed by atoms with E-state index in [2.05, 4.69) is 0 Å². The Morgan fingerprint density at radius 1 is 1.47 bits per heavy atom. The van der Waals surface area contributed by atoms with E-state index in [0.29, 0.717) is 18.8 Å². The number of benzene rings is 1. The summed E-state index contributed by atoms with van der Waals surface area (Å²) in [6.45, 7) is 2.25. The topological polar surface area (TPSA) is 35.5 Å². The van der Waals surface area contributed by atoms with Crippen molar-refractivity contribution in [2.45, 2.75) is 38.2 Å². The minimum Gasteiger partial charge on any atom is -0.491 e. The molecule has 0 bridgehead atoms. The van der Waals surface area contributed by atoms with E-state index in [1.54, 1.807) is 6.07 Å². The van der Waals surface area contributed by atoms with Crippen molar-refractivity contribution in [3.63, 3.8) is 0 Å². The van der Waals surface area contributed by atoms with Gasteiger partial charge in [0.1, 0.15) is 12.4 Å². The summed E-state index contributed by atoms with van der Waals surface area (Å²) in [7, 11) is 0. The number of ether oxygens (including phenoxy) is 2. The second-order valence-electron chi connectivity index (χ2n) is 5.20. The molecule has 3 rings (SSSR count). The van der Waals surface area contributed by atoms with Gasteiger partial charge in [-0.05, 0) is 32.3 Å². The zero-order valence-corrected chi connectivity index (χ0v) is 10.9. The molecule has 0 saturated heterocycles. The smallest absolute Gasteiger partial charge is 0.207 e. The summed E-state index contributed by atoms with van der Waals surface area (Å²) in [4.78, 5) is 10.9. The van der Waals surface area contributed by atoms with Gasteiger partial charge in [0.15, 0.2) is 11.5 Å². The van der Waals surface area contributed by atoms with Crippen LogP contribution in [-0.4, -0.2) is 19.0 Å². The molecule has 0 N–H and O–H groups in total. The van der Waals surface area contributed by atoms with Gasteiger partial charge in [-0.2, -0.15) is 4.39 Å². The van der Waals surface area contributed by atoms with Crippen LogP contribution in [0.2, 0.25) is 0 Å². The Hall–Kier alpha value is -1.58. The summed E-state index contributed by atoms with van der Waals surface area (Å²) in [5.74, 6) is 0.428. The molecule has 1 aromatic rings.